The Labute approximate surface area is 177 Å². The van der Waals surface area contributed by atoms with Gasteiger partial charge in [0.15, 0.2) is 11.5 Å². The van der Waals surface area contributed by atoms with E-state index in [0.717, 1.165) is 11.8 Å². The van der Waals surface area contributed by atoms with Gasteiger partial charge in [0, 0.05) is 5.56 Å². The lowest BCUT2D eigenvalue weighted by Crippen LogP contribution is -2.14. The average molecular weight is 425 g/mol. The molecule has 7 nitrogen and oxygen atoms in total. The van der Waals surface area contributed by atoms with Gasteiger partial charge in [-0.3, -0.25) is 4.79 Å². The van der Waals surface area contributed by atoms with Crippen LogP contribution >= 0.6 is 11.8 Å². The molecule has 1 aliphatic rings. The number of aliphatic imine (C=N–C) groups is 1. The van der Waals surface area contributed by atoms with Gasteiger partial charge in [-0.15, -0.1) is 0 Å². The molecule has 2 N–H and O–H groups in total. The molecule has 0 bridgehead atoms. The fourth-order valence-corrected chi connectivity index (χ4v) is 3.68. The van der Waals surface area contributed by atoms with Crippen molar-refractivity contribution in [2.24, 2.45) is 4.99 Å². The van der Waals surface area contributed by atoms with Gasteiger partial charge in [0.05, 0.1) is 18.6 Å². The number of methoxy groups -OCH3 is 1. The number of carbonyl (C=O) groups is 2. The molecule has 0 saturated heterocycles. The van der Waals surface area contributed by atoms with Crippen LogP contribution < -0.4 is 4.74 Å². The number of amides is 1. The lowest BCUT2D eigenvalue weighted by Gasteiger charge is -2.04. The van der Waals surface area contributed by atoms with Crippen LogP contribution in [0, 0.1) is 0 Å². The third-order valence-corrected chi connectivity index (χ3v) is 5.12. The SMILES string of the molecule is CCOC(=O)C1=C(O)/C(=C/c2ccc(O)c(OC)c2)SC1=NC(=O)c1ccccc1. The Morgan fingerprint density at radius 1 is 1.13 bits per heavy atom. The van der Waals surface area contributed by atoms with Crippen molar-refractivity contribution in [3.8, 4) is 11.5 Å². The molecule has 0 fully saturated rings. The highest BCUT2D eigenvalue weighted by Crippen LogP contribution is 2.40. The van der Waals surface area contributed by atoms with Crippen LogP contribution in [0.4, 0.5) is 0 Å². The van der Waals surface area contributed by atoms with Crippen LogP contribution in [0.15, 0.2) is 69.8 Å². The molecule has 0 unspecified atom stereocenters. The lowest BCUT2D eigenvalue weighted by atomic mass is 10.1. The molecular weight excluding hydrogens is 406 g/mol. The molecule has 0 spiro atoms. The van der Waals surface area contributed by atoms with Gasteiger partial charge in [0.1, 0.15) is 16.4 Å². The van der Waals surface area contributed by atoms with E-state index in [4.69, 9.17) is 9.47 Å². The minimum absolute atomic E-state index is 0.0265. The van der Waals surface area contributed by atoms with Gasteiger partial charge in [-0.2, -0.15) is 0 Å². The second-order valence-corrected chi connectivity index (χ2v) is 7.10. The van der Waals surface area contributed by atoms with Gasteiger partial charge in [0.25, 0.3) is 5.91 Å². The first-order valence-electron chi connectivity index (χ1n) is 9.00. The number of phenolic OH excluding ortho intramolecular Hbond substituents is 1. The smallest absolute Gasteiger partial charge is 0.344 e. The number of thioether (sulfide) groups is 1. The van der Waals surface area contributed by atoms with Crippen molar-refractivity contribution in [3.63, 3.8) is 0 Å². The summed E-state index contributed by atoms with van der Waals surface area (Å²) < 4.78 is 10.1. The first-order chi connectivity index (χ1) is 14.4. The number of esters is 1. The number of rotatable bonds is 5. The molecule has 1 aliphatic heterocycles. The minimum atomic E-state index is -0.770. The molecule has 8 heteroatoms. The minimum Gasteiger partial charge on any atom is -0.506 e. The maximum Gasteiger partial charge on any atom is 0.344 e. The molecular formula is C22H19NO6S. The molecule has 0 radical (unpaired) electrons. The summed E-state index contributed by atoms with van der Waals surface area (Å²) in [5.74, 6) is -1.41. The Kier molecular flexibility index (Phi) is 6.58. The van der Waals surface area contributed by atoms with E-state index in [-0.39, 0.29) is 34.5 Å². The molecule has 0 atom stereocenters. The highest BCUT2D eigenvalue weighted by atomic mass is 32.2. The Morgan fingerprint density at radius 2 is 1.87 bits per heavy atom. The number of aliphatic hydroxyl groups is 1. The van der Waals surface area contributed by atoms with Crippen LogP contribution in [0.25, 0.3) is 6.08 Å². The summed E-state index contributed by atoms with van der Waals surface area (Å²) in [6.07, 6.45) is 1.59. The van der Waals surface area contributed by atoms with Crippen molar-refractivity contribution in [2.75, 3.05) is 13.7 Å². The summed E-state index contributed by atoms with van der Waals surface area (Å²) in [6.45, 7) is 1.75. The number of aliphatic hydroxyl groups excluding tert-OH is 1. The van der Waals surface area contributed by atoms with Crippen LogP contribution in [0.5, 0.6) is 11.5 Å². The van der Waals surface area contributed by atoms with E-state index >= 15 is 0 Å². The standard InChI is InChI=1S/C22H19NO6S/c1-3-29-22(27)18-19(25)17(12-13-9-10-15(24)16(11-13)28-2)30-21(18)23-20(26)14-7-5-4-6-8-14/h4-12,24-25H,3H2,1-2H3/b17-12-,23-21?. The van der Waals surface area contributed by atoms with Crippen LogP contribution in [0.2, 0.25) is 0 Å². The van der Waals surface area contributed by atoms with E-state index in [1.807, 2.05) is 0 Å². The summed E-state index contributed by atoms with van der Waals surface area (Å²) in [4.78, 5) is 29.2. The second kappa shape index (κ2) is 9.32. The third-order valence-electron chi connectivity index (χ3n) is 4.10. The number of benzene rings is 2. The summed E-state index contributed by atoms with van der Waals surface area (Å²) in [7, 11) is 1.42. The zero-order valence-corrected chi connectivity index (χ0v) is 17.1. The van der Waals surface area contributed by atoms with Crippen molar-refractivity contribution in [1.82, 2.24) is 0 Å². The summed E-state index contributed by atoms with van der Waals surface area (Å²) >= 11 is 0.979. The van der Waals surface area contributed by atoms with E-state index in [1.54, 1.807) is 55.5 Å². The van der Waals surface area contributed by atoms with E-state index in [1.165, 1.54) is 13.2 Å². The fraction of sp³-hybridized carbons (Fsp3) is 0.136. The molecule has 1 heterocycles. The Balaban J connectivity index is 2.02. The van der Waals surface area contributed by atoms with Crippen LogP contribution in [-0.4, -0.2) is 40.8 Å². The fourth-order valence-electron chi connectivity index (χ4n) is 2.66. The van der Waals surface area contributed by atoms with Crippen LogP contribution in [0.1, 0.15) is 22.8 Å². The number of hydrogen-bond donors (Lipinski definition) is 2. The number of carbonyl (C=O) groups excluding carboxylic acids is 2. The van der Waals surface area contributed by atoms with Gasteiger partial charge in [-0.25, -0.2) is 9.79 Å². The van der Waals surface area contributed by atoms with Crippen molar-refractivity contribution in [1.29, 1.82) is 0 Å². The monoisotopic (exact) mass is 425 g/mol. The van der Waals surface area contributed by atoms with Gasteiger partial charge in [-0.1, -0.05) is 36.0 Å². The second-order valence-electron chi connectivity index (χ2n) is 6.07. The molecule has 0 saturated carbocycles. The summed E-state index contributed by atoms with van der Waals surface area (Å²) in [6, 6.07) is 13.1. The van der Waals surface area contributed by atoms with E-state index in [0.29, 0.717) is 16.0 Å². The third kappa shape index (κ3) is 4.55. The molecule has 1 amide bonds. The molecule has 0 aliphatic carbocycles. The zero-order chi connectivity index (χ0) is 21.7. The number of nitrogens with zero attached hydrogens (tertiary/aromatic N) is 1. The van der Waals surface area contributed by atoms with Crippen molar-refractivity contribution < 1.29 is 29.3 Å². The van der Waals surface area contributed by atoms with E-state index < -0.39 is 11.9 Å². The van der Waals surface area contributed by atoms with Crippen LogP contribution in [-0.2, 0) is 9.53 Å². The Hall–Kier alpha value is -3.52. The molecule has 2 aromatic carbocycles. The normalized spacial score (nSPS) is 16.2. The number of aromatic hydroxyl groups is 1. The molecule has 0 aromatic heterocycles. The summed E-state index contributed by atoms with van der Waals surface area (Å²) in [5, 5.41) is 20.5. The molecule has 154 valence electrons. The Bertz CT molecular complexity index is 1070. The van der Waals surface area contributed by atoms with Gasteiger partial charge in [0.2, 0.25) is 0 Å². The highest BCUT2D eigenvalue weighted by Gasteiger charge is 2.34. The highest BCUT2D eigenvalue weighted by molar-refractivity contribution is 8.18. The predicted molar refractivity (Wildman–Crippen MR) is 115 cm³/mol. The lowest BCUT2D eigenvalue weighted by molar-refractivity contribution is -0.138. The molecule has 2 aromatic rings. The number of phenols is 1. The van der Waals surface area contributed by atoms with Gasteiger partial charge < -0.3 is 19.7 Å². The van der Waals surface area contributed by atoms with Gasteiger partial charge >= 0.3 is 5.97 Å². The topological polar surface area (TPSA) is 105 Å². The first kappa shape index (κ1) is 21.2. The quantitative estimate of drug-likeness (QED) is 0.695. The van der Waals surface area contributed by atoms with Crippen molar-refractivity contribution >= 4 is 34.8 Å². The predicted octanol–water partition coefficient (Wildman–Crippen LogP) is 4.10. The maximum absolute atomic E-state index is 12.5. The van der Waals surface area contributed by atoms with E-state index in [9.17, 15) is 19.8 Å². The first-order valence-corrected chi connectivity index (χ1v) is 9.82. The largest absolute Gasteiger partial charge is 0.506 e. The van der Waals surface area contributed by atoms with Crippen LogP contribution in [0.3, 0.4) is 0 Å². The van der Waals surface area contributed by atoms with Gasteiger partial charge in [-0.05, 0) is 42.8 Å². The van der Waals surface area contributed by atoms with E-state index in [2.05, 4.69) is 4.99 Å². The zero-order valence-electron chi connectivity index (χ0n) is 16.3. The average Bonchev–Trinajstić information content (AvgIpc) is 3.04. The molecule has 3 rings (SSSR count). The number of hydrogen-bond acceptors (Lipinski definition) is 7. The molecule has 30 heavy (non-hydrogen) atoms. The maximum atomic E-state index is 12.5. The van der Waals surface area contributed by atoms with Crippen molar-refractivity contribution in [2.45, 2.75) is 6.92 Å². The summed E-state index contributed by atoms with van der Waals surface area (Å²) in [5.41, 5.74) is 0.801. The Morgan fingerprint density at radius 3 is 2.53 bits per heavy atom. The van der Waals surface area contributed by atoms with Crippen molar-refractivity contribution in [3.05, 3.63) is 75.9 Å². The number of ether oxygens (including phenoxy) is 2.